The monoisotopic (exact) mass is 1660 g/mol. The van der Waals surface area contributed by atoms with Gasteiger partial charge in [-0.15, -0.1) is 0 Å². The van der Waals surface area contributed by atoms with Gasteiger partial charge >= 0.3 is 0 Å². The maximum Gasteiger partial charge on any atom is 0.0620 e. The number of nitrogens with zero attached hydrogens (tertiary/aromatic N) is 3. The summed E-state index contributed by atoms with van der Waals surface area (Å²) < 4.78 is 7.44. The average molecular weight is 1660 g/mol. The van der Waals surface area contributed by atoms with Crippen molar-refractivity contribution in [1.82, 2.24) is 13.2 Å². The average Bonchev–Trinajstić information content (AvgIpc) is 1.54. The molecule has 30 aromatic rings. The fraction of sp³-hybridized carbons (Fsp3) is 0. The van der Waals surface area contributed by atoms with Crippen LogP contribution < -0.4 is 0 Å². The van der Waals surface area contributed by atoms with Gasteiger partial charge in [-0.2, -0.15) is 0 Å². The van der Waals surface area contributed by atoms with Gasteiger partial charge in [0.15, 0.2) is 0 Å². The minimum absolute atomic E-state index is 1.23. The van der Waals surface area contributed by atoms with Crippen LogP contribution in [0, 0.1) is 0 Å². The first kappa shape index (κ1) is 73.0. The fourth-order valence-electron chi connectivity index (χ4n) is 23.4. The first-order chi connectivity index (χ1) is 65.1. The van der Waals surface area contributed by atoms with Gasteiger partial charge in [0.2, 0.25) is 0 Å². The van der Waals surface area contributed by atoms with Gasteiger partial charge in [-0.1, -0.05) is 425 Å². The molecule has 0 saturated heterocycles. The standard InChI is InChI=1S/C44H27N.2C42H25N/c1-2-14-28(15-3-1)29-16-4-5-18-31(29)41-32-19-6-8-21-34(32)42(35-22-9-7-20-33(35)41)37-24-13-27-40-43(37)38-25-12-23-36-30-17-10-11-26-39(30)45(40)44(36)38;1-2-13-28-26(11-1)12-9-19-31(28)41-34-17-5-3-15-32(34)40(33-16-4-6-18-35(33)41)27-23-24-30-37-21-10-20-36-29-14-7-8-22-38(29)43(42(36)37)39(30)25-27;1-2-11-27-24-28(21-20-26(27)10-1)40-32-13-3-5-15-34(32)41(35-16-6-4-14-33(35)40)29-22-23-31-37-18-9-17-36-30-12-7-8-19-38(30)43(42(36)37)39(31)25-29/h1-27H;2*1-25H. The molecule has 0 saturated carbocycles. The highest BCUT2D eigenvalue weighted by Gasteiger charge is 2.28. The second kappa shape index (κ2) is 28.6. The summed E-state index contributed by atoms with van der Waals surface area (Å²) in [6, 6.07) is 172. The van der Waals surface area contributed by atoms with E-state index in [1.807, 2.05) is 0 Å². The molecular formula is C128H77N3. The maximum absolute atomic E-state index is 2.48. The van der Waals surface area contributed by atoms with Gasteiger partial charge in [-0.05, 0) is 207 Å². The molecule has 0 N–H and O–H groups in total. The van der Waals surface area contributed by atoms with Crippen molar-refractivity contribution in [2.75, 3.05) is 0 Å². The molecule has 6 heterocycles. The summed E-state index contributed by atoms with van der Waals surface area (Å²) >= 11 is 0. The Kier molecular flexibility index (Phi) is 16.0. The van der Waals surface area contributed by atoms with Crippen LogP contribution in [0.2, 0.25) is 0 Å². The van der Waals surface area contributed by atoms with Gasteiger partial charge in [-0.3, -0.25) is 0 Å². The van der Waals surface area contributed by atoms with Crippen LogP contribution in [0.25, 0.3) is 278 Å². The first-order valence-electron chi connectivity index (χ1n) is 45.5. The maximum atomic E-state index is 2.48. The molecule has 6 aromatic heterocycles. The van der Waals surface area contributed by atoms with Crippen molar-refractivity contribution >= 4 is 200 Å². The molecule has 0 radical (unpaired) electrons. The summed E-state index contributed by atoms with van der Waals surface area (Å²) in [6.07, 6.45) is 0. The molecular weight excluding hydrogens is 1580 g/mol. The Labute approximate surface area is 753 Å². The zero-order valence-electron chi connectivity index (χ0n) is 71.3. The molecule has 3 nitrogen and oxygen atoms in total. The summed E-state index contributed by atoms with van der Waals surface area (Å²) in [6.45, 7) is 0. The zero-order valence-corrected chi connectivity index (χ0v) is 71.3. The van der Waals surface area contributed by atoms with Crippen molar-refractivity contribution in [3.05, 3.63) is 467 Å². The number of hydrogen-bond donors (Lipinski definition) is 0. The van der Waals surface area contributed by atoms with E-state index in [2.05, 4.69) is 480 Å². The first-order valence-corrected chi connectivity index (χ1v) is 45.5. The molecule has 0 spiro atoms. The number of para-hydroxylation sites is 6. The molecule has 24 aromatic carbocycles. The van der Waals surface area contributed by atoms with E-state index in [1.54, 1.807) is 0 Å². The Morgan fingerprint density at radius 3 is 0.840 bits per heavy atom. The fourth-order valence-corrected chi connectivity index (χ4v) is 23.4. The third-order valence-electron chi connectivity index (χ3n) is 28.7. The normalized spacial score (nSPS) is 12.1. The largest absolute Gasteiger partial charge is 0.308 e. The molecule has 0 bridgehead atoms. The van der Waals surface area contributed by atoms with Crippen LogP contribution in [0.1, 0.15) is 0 Å². The van der Waals surface area contributed by atoms with Gasteiger partial charge in [-0.25, -0.2) is 0 Å². The van der Waals surface area contributed by atoms with Crippen molar-refractivity contribution < 1.29 is 0 Å². The predicted molar refractivity (Wildman–Crippen MR) is 561 cm³/mol. The molecule has 0 fully saturated rings. The van der Waals surface area contributed by atoms with Crippen LogP contribution in [-0.4, -0.2) is 13.2 Å². The highest BCUT2D eigenvalue weighted by molar-refractivity contribution is 6.33. The highest BCUT2D eigenvalue weighted by Crippen LogP contribution is 2.54. The van der Waals surface area contributed by atoms with Crippen LogP contribution in [0.4, 0.5) is 0 Å². The van der Waals surface area contributed by atoms with Crippen LogP contribution in [0.5, 0.6) is 0 Å². The van der Waals surface area contributed by atoms with Gasteiger partial charge in [0.1, 0.15) is 0 Å². The van der Waals surface area contributed by atoms with Crippen molar-refractivity contribution in [2.45, 2.75) is 0 Å². The van der Waals surface area contributed by atoms with Crippen LogP contribution in [0.15, 0.2) is 467 Å². The Bertz CT molecular complexity index is 9830. The van der Waals surface area contributed by atoms with Crippen molar-refractivity contribution in [1.29, 1.82) is 0 Å². The number of hydrogen-bond acceptors (Lipinski definition) is 0. The quantitative estimate of drug-likeness (QED) is 0.141. The van der Waals surface area contributed by atoms with E-state index in [-0.39, 0.29) is 0 Å². The number of fused-ring (bicyclic) bond motifs is 26. The molecule has 0 aliphatic carbocycles. The molecule has 0 aliphatic rings. The van der Waals surface area contributed by atoms with Crippen molar-refractivity contribution in [3.63, 3.8) is 0 Å². The Morgan fingerprint density at radius 2 is 0.382 bits per heavy atom. The zero-order chi connectivity index (χ0) is 85.6. The second-order valence-corrected chi connectivity index (χ2v) is 35.4. The smallest absolute Gasteiger partial charge is 0.0620 e. The third kappa shape index (κ3) is 10.7. The lowest BCUT2D eigenvalue weighted by atomic mass is 9.83. The summed E-state index contributed by atoms with van der Waals surface area (Å²) in [5, 5.41) is 36.2. The SMILES string of the molecule is c1ccc(-c2ccccc2-c2c3ccccc3c(-c3cccc4c3c3cccc5c6ccccc6n4c53)c3ccccc23)cc1.c1ccc2c(-c3c4ccccc4c(-c4ccc5c6cccc7c8ccccc8n(c5c4)c76)c4ccccc34)cccc2c1.c1ccc2cc(-c3c4ccccc4c(-c4ccc5c6cccc7c8ccccc8n(c5c4)c76)c4ccccc34)ccc2c1. The Balaban J connectivity index is 0.0000000986. The molecule has 0 unspecified atom stereocenters. The lowest BCUT2D eigenvalue weighted by Gasteiger charge is -2.20. The minimum atomic E-state index is 1.23. The van der Waals surface area contributed by atoms with E-state index in [4.69, 9.17) is 0 Å². The molecule has 0 aliphatic heterocycles. The van der Waals surface area contributed by atoms with Crippen molar-refractivity contribution in [2.24, 2.45) is 0 Å². The number of aromatic nitrogens is 3. The van der Waals surface area contributed by atoms with E-state index < -0.39 is 0 Å². The summed E-state index contributed by atoms with van der Waals surface area (Å²) in [5.41, 5.74) is 29.3. The van der Waals surface area contributed by atoms with Crippen LogP contribution in [0.3, 0.4) is 0 Å². The predicted octanol–water partition coefficient (Wildman–Crippen LogP) is 35.4. The summed E-state index contributed by atoms with van der Waals surface area (Å²) in [4.78, 5) is 0. The molecule has 3 heteroatoms. The number of benzene rings is 24. The molecule has 0 atom stereocenters. The second-order valence-electron chi connectivity index (χ2n) is 35.4. The van der Waals surface area contributed by atoms with E-state index in [0.29, 0.717) is 0 Å². The number of rotatable bonds is 7. The lowest BCUT2D eigenvalue weighted by Crippen LogP contribution is -1.93. The molecule has 604 valence electrons. The lowest BCUT2D eigenvalue weighted by molar-refractivity contribution is 1.37. The van der Waals surface area contributed by atoms with Crippen LogP contribution in [-0.2, 0) is 0 Å². The Hall–Kier alpha value is -17.2. The molecule has 30 rings (SSSR count). The summed E-state index contributed by atoms with van der Waals surface area (Å²) in [7, 11) is 0. The van der Waals surface area contributed by atoms with Crippen LogP contribution >= 0.6 is 0 Å². The Morgan fingerprint density at radius 1 is 0.115 bits per heavy atom. The van der Waals surface area contributed by atoms with Gasteiger partial charge in [0, 0.05) is 64.6 Å². The van der Waals surface area contributed by atoms with Gasteiger partial charge in [0.25, 0.3) is 0 Å². The molecule has 0 amide bonds. The van der Waals surface area contributed by atoms with E-state index >= 15 is 0 Å². The van der Waals surface area contributed by atoms with Crippen molar-refractivity contribution in [3.8, 4) is 77.9 Å². The van der Waals surface area contributed by atoms with E-state index in [1.165, 1.54) is 278 Å². The minimum Gasteiger partial charge on any atom is -0.308 e. The summed E-state index contributed by atoms with van der Waals surface area (Å²) in [5.74, 6) is 0. The topological polar surface area (TPSA) is 13.2 Å². The van der Waals surface area contributed by atoms with E-state index in [9.17, 15) is 0 Å². The van der Waals surface area contributed by atoms with Gasteiger partial charge in [0.05, 0.1) is 49.7 Å². The third-order valence-corrected chi connectivity index (χ3v) is 28.7. The van der Waals surface area contributed by atoms with E-state index in [0.717, 1.165) is 0 Å². The highest BCUT2D eigenvalue weighted by atomic mass is 14.9. The molecule has 131 heavy (non-hydrogen) atoms. The van der Waals surface area contributed by atoms with Gasteiger partial charge < -0.3 is 13.2 Å².